The summed E-state index contributed by atoms with van der Waals surface area (Å²) >= 11 is 0. The van der Waals surface area contributed by atoms with E-state index in [0.29, 0.717) is 5.69 Å². The largest absolute Gasteiger partial charge is 0.462 e. The minimum absolute atomic E-state index is 0.121. The number of ether oxygens (including phenoxy) is 1. The molecular weight excluding hydrogens is 465 g/mol. The molecule has 0 aliphatic carbocycles. The van der Waals surface area contributed by atoms with Gasteiger partial charge in [-0.3, -0.25) is 0 Å². The van der Waals surface area contributed by atoms with Crippen LogP contribution in [0.5, 0.6) is 0 Å². The quantitative estimate of drug-likeness (QED) is 0.640. The number of nitrogens with zero attached hydrogens (tertiary/aromatic N) is 5. The van der Waals surface area contributed by atoms with E-state index < -0.39 is 23.4 Å². The zero-order chi connectivity index (χ0) is 25.8. The second-order valence-corrected chi connectivity index (χ2v) is 7.93. The van der Waals surface area contributed by atoms with Crippen LogP contribution in [0.2, 0.25) is 0 Å². The van der Waals surface area contributed by atoms with Crippen LogP contribution in [0.3, 0.4) is 0 Å². The molecule has 0 saturated carbocycles. The van der Waals surface area contributed by atoms with Crippen molar-refractivity contribution < 1.29 is 27.5 Å². The first-order chi connectivity index (χ1) is 16.5. The van der Waals surface area contributed by atoms with Gasteiger partial charge in [0.2, 0.25) is 0 Å². The summed E-state index contributed by atoms with van der Waals surface area (Å²) in [7, 11) is 3.81. The standard InChI is InChI=1S/C23H25F3N6O3/c1-4-35-21(33)18-13-15(14-27)20(29-19(18)23(24,25)26)31-9-11-32(12-10-31)22(34)28-16-5-7-17(8-6-16)30(2)3/h5-8,13H,4,9-12H2,1-3H3,(H,28,34). The van der Waals surface area contributed by atoms with E-state index in [1.807, 2.05) is 37.2 Å². The number of carbonyl (C=O) groups is 2. The number of rotatable bonds is 5. The fraction of sp³-hybridized carbons (Fsp3) is 0.391. The molecule has 0 bridgehead atoms. The van der Waals surface area contributed by atoms with E-state index in [0.717, 1.165) is 11.8 Å². The molecule has 0 atom stereocenters. The molecule has 35 heavy (non-hydrogen) atoms. The number of esters is 1. The van der Waals surface area contributed by atoms with Crippen LogP contribution < -0.4 is 15.1 Å². The minimum atomic E-state index is -4.92. The zero-order valence-corrected chi connectivity index (χ0v) is 19.5. The average Bonchev–Trinajstić information content (AvgIpc) is 2.83. The number of carbonyl (C=O) groups excluding carboxylic acids is 2. The fourth-order valence-electron chi connectivity index (χ4n) is 3.57. The van der Waals surface area contributed by atoms with Gasteiger partial charge in [0.15, 0.2) is 5.69 Å². The number of amides is 2. The fourth-order valence-corrected chi connectivity index (χ4v) is 3.57. The second kappa shape index (κ2) is 10.5. The van der Waals surface area contributed by atoms with E-state index in [2.05, 4.69) is 10.3 Å². The van der Waals surface area contributed by atoms with E-state index in [4.69, 9.17) is 4.74 Å². The Balaban J connectivity index is 1.75. The van der Waals surface area contributed by atoms with Gasteiger partial charge in [-0.1, -0.05) is 0 Å². The number of alkyl halides is 3. The van der Waals surface area contributed by atoms with Gasteiger partial charge < -0.3 is 24.8 Å². The number of nitriles is 1. The Bertz CT molecular complexity index is 1120. The van der Waals surface area contributed by atoms with Crippen molar-refractivity contribution in [1.82, 2.24) is 9.88 Å². The number of halogens is 3. The first kappa shape index (κ1) is 25.6. The number of hydrogen-bond acceptors (Lipinski definition) is 7. The number of anilines is 3. The van der Waals surface area contributed by atoms with Crippen LogP contribution in [0.4, 0.5) is 35.2 Å². The van der Waals surface area contributed by atoms with E-state index in [1.165, 1.54) is 16.7 Å². The van der Waals surface area contributed by atoms with Crippen LogP contribution in [-0.2, 0) is 10.9 Å². The summed E-state index contributed by atoms with van der Waals surface area (Å²) in [5.74, 6) is -1.39. The Labute approximate surface area is 200 Å². The molecule has 9 nitrogen and oxygen atoms in total. The topological polar surface area (TPSA) is 102 Å². The molecule has 1 fully saturated rings. The predicted octanol–water partition coefficient (Wildman–Crippen LogP) is 3.57. The molecule has 2 heterocycles. The normalized spacial score (nSPS) is 13.7. The number of urea groups is 1. The molecule has 186 valence electrons. The Kier molecular flexibility index (Phi) is 7.68. The first-order valence-corrected chi connectivity index (χ1v) is 10.8. The van der Waals surface area contributed by atoms with Gasteiger partial charge in [0.25, 0.3) is 0 Å². The van der Waals surface area contributed by atoms with Crippen molar-refractivity contribution in [3.8, 4) is 6.07 Å². The molecule has 1 aromatic heterocycles. The van der Waals surface area contributed by atoms with Gasteiger partial charge in [0.1, 0.15) is 11.9 Å². The number of piperazine rings is 1. The smallest absolute Gasteiger partial charge is 0.434 e. The highest BCUT2D eigenvalue weighted by Gasteiger charge is 2.40. The van der Waals surface area contributed by atoms with Crippen molar-refractivity contribution >= 4 is 29.2 Å². The third-order valence-electron chi connectivity index (χ3n) is 5.39. The van der Waals surface area contributed by atoms with Crippen molar-refractivity contribution in [3.05, 3.63) is 47.2 Å². The van der Waals surface area contributed by atoms with Gasteiger partial charge >= 0.3 is 18.2 Å². The molecule has 0 radical (unpaired) electrons. The Morgan fingerprint density at radius 2 is 1.80 bits per heavy atom. The maximum atomic E-state index is 13.6. The predicted molar refractivity (Wildman–Crippen MR) is 123 cm³/mol. The average molecular weight is 490 g/mol. The number of nitrogens with one attached hydrogen (secondary N) is 1. The lowest BCUT2D eigenvalue weighted by atomic mass is 10.1. The Hall–Kier alpha value is -4.01. The van der Waals surface area contributed by atoms with E-state index in [9.17, 15) is 28.0 Å². The van der Waals surface area contributed by atoms with Crippen molar-refractivity contribution in [3.63, 3.8) is 0 Å². The highest BCUT2D eigenvalue weighted by Crippen LogP contribution is 2.34. The molecule has 1 aliphatic heterocycles. The molecular formula is C23H25F3N6O3. The SMILES string of the molecule is CCOC(=O)c1cc(C#N)c(N2CCN(C(=O)Nc3ccc(N(C)C)cc3)CC2)nc1C(F)(F)F. The van der Waals surface area contributed by atoms with Crippen LogP contribution in [0.1, 0.15) is 28.5 Å². The molecule has 2 amide bonds. The summed E-state index contributed by atoms with van der Waals surface area (Å²) in [6, 6.07) is 9.60. The van der Waals surface area contributed by atoms with Crippen LogP contribution in [0, 0.1) is 11.3 Å². The highest BCUT2D eigenvalue weighted by molar-refractivity contribution is 5.92. The van der Waals surface area contributed by atoms with Crippen LogP contribution in [0.25, 0.3) is 0 Å². The van der Waals surface area contributed by atoms with Crippen LogP contribution in [0.15, 0.2) is 30.3 Å². The summed E-state index contributed by atoms with van der Waals surface area (Å²) in [6.45, 7) is 2.07. The summed E-state index contributed by atoms with van der Waals surface area (Å²) < 4.78 is 45.6. The van der Waals surface area contributed by atoms with Gasteiger partial charge in [-0.25, -0.2) is 14.6 Å². The lowest BCUT2D eigenvalue weighted by Gasteiger charge is -2.36. The number of hydrogen-bond donors (Lipinski definition) is 1. The van der Waals surface area contributed by atoms with Gasteiger partial charge in [-0.2, -0.15) is 18.4 Å². The van der Waals surface area contributed by atoms with Crippen molar-refractivity contribution in [1.29, 1.82) is 5.26 Å². The third kappa shape index (κ3) is 5.92. The number of aromatic nitrogens is 1. The maximum Gasteiger partial charge on any atom is 0.434 e. The molecule has 2 aromatic rings. The van der Waals surface area contributed by atoms with Crippen LogP contribution >= 0.6 is 0 Å². The van der Waals surface area contributed by atoms with E-state index >= 15 is 0 Å². The molecule has 1 aliphatic rings. The van der Waals surface area contributed by atoms with Gasteiger partial charge in [-0.05, 0) is 37.3 Å². The molecule has 0 spiro atoms. The van der Waals surface area contributed by atoms with E-state index in [1.54, 1.807) is 12.1 Å². The third-order valence-corrected chi connectivity index (χ3v) is 5.39. The zero-order valence-electron chi connectivity index (χ0n) is 19.5. The van der Waals surface area contributed by atoms with Crippen molar-refractivity contribution in [2.75, 3.05) is 62.0 Å². The van der Waals surface area contributed by atoms with Gasteiger partial charge in [0, 0.05) is 51.6 Å². The molecule has 1 saturated heterocycles. The summed E-state index contributed by atoms with van der Waals surface area (Å²) in [4.78, 5) is 33.3. The highest BCUT2D eigenvalue weighted by atomic mass is 19.4. The monoisotopic (exact) mass is 490 g/mol. The lowest BCUT2D eigenvalue weighted by molar-refractivity contribution is -0.141. The van der Waals surface area contributed by atoms with Crippen molar-refractivity contribution in [2.24, 2.45) is 0 Å². The summed E-state index contributed by atoms with van der Waals surface area (Å²) in [6.07, 6.45) is -4.92. The van der Waals surface area contributed by atoms with Gasteiger partial charge in [-0.15, -0.1) is 0 Å². The summed E-state index contributed by atoms with van der Waals surface area (Å²) in [5, 5.41) is 12.3. The Morgan fingerprint density at radius 1 is 1.17 bits per heavy atom. The Morgan fingerprint density at radius 3 is 2.31 bits per heavy atom. The second-order valence-electron chi connectivity index (χ2n) is 7.93. The van der Waals surface area contributed by atoms with E-state index in [-0.39, 0.29) is 50.2 Å². The first-order valence-electron chi connectivity index (χ1n) is 10.8. The molecule has 1 N–H and O–H groups in total. The molecule has 1 aromatic carbocycles. The van der Waals surface area contributed by atoms with Gasteiger partial charge in [0.05, 0.1) is 17.7 Å². The minimum Gasteiger partial charge on any atom is -0.462 e. The number of pyridine rings is 1. The lowest BCUT2D eigenvalue weighted by Crippen LogP contribution is -2.50. The van der Waals surface area contributed by atoms with Crippen molar-refractivity contribution in [2.45, 2.75) is 13.1 Å². The molecule has 0 unspecified atom stereocenters. The van der Waals surface area contributed by atoms with Crippen LogP contribution in [-0.4, -0.2) is 68.8 Å². The molecule has 3 rings (SSSR count). The number of benzene rings is 1. The maximum absolute atomic E-state index is 13.6. The summed E-state index contributed by atoms with van der Waals surface area (Å²) in [5.41, 5.74) is -0.811. The molecule has 12 heteroatoms.